The van der Waals surface area contributed by atoms with Crippen molar-refractivity contribution < 1.29 is 0 Å². The maximum Gasteiger partial charge on any atom is 0.191 e. The van der Waals surface area contributed by atoms with Gasteiger partial charge in [-0.05, 0) is 55.3 Å². The molecule has 0 radical (unpaired) electrons. The lowest BCUT2D eigenvalue weighted by molar-refractivity contribution is 0.316. The van der Waals surface area contributed by atoms with Crippen LogP contribution in [0.2, 0.25) is 0 Å². The van der Waals surface area contributed by atoms with E-state index in [0.29, 0.717) is 0 Å². The van der Waals surface area contributed by atoms with E-state index < -0.39 is 0 Å². The smallest absolute Gasteiger partial charge is 0.191 e. The lowest BCUT2D eigenvalue weighted by atomic mass is 10.0. The van der Waals surface area contributed by atoms with E-state index >= 15 is 0 Å². The Kier molecular flexibility index (Phi) is 6.80. The fraction of sp³-hybridized carbons (Fsp3) is 0.346. The molecule has 0 saturated carbocycles. The Balaban J connectivity index is 1.26. The highest BCUT2D eigenvalue weighted by Crippen LogP contribution is 2.24. The zero-order valence-electron chi connectivity index (χ0n) is 18.4. The second-order valence-corrected chi connectivity index (χ2v) is 9.49. The van der Waals surface area contributed by atoms with Crippen molar-refractivity contribution in [1.82, 2.24) is 24.6 Å². The number of hydrogen-bond acceptors (Lipinski definition) is 5. The summed E-state index contributed by atoms with van der Waals surface area (Å²) in [5.74, 6) is 2.09. The van der Waals surface area contributed by atoms with Crippen LogP contribution in [0.3, 0.4) is 0 Å². The summed E-state index contributed by atoms with van der Waals surface area (Å²) in [5.41, 5.74) is 2.61. The summed E-state index contributed by atoms with van der Waals surface area (Å²) in [6, 6.07) is 19.1. The number of hydrogen-bond donors (Lipinski definition) is 0. The number of fused-ring (bicyclic) bond motifs is 1. The number of benzene rings is 2. The molecule has 1 saturated heterocycles. The van der Waals surface area contributed by atoms with Crippen LogP contribution in [0.5, 0.6) is 0 Å². The topological polar surface area (TPSA) is 46.8 Å². The quantitative estimate of drug-likeness (QED) is 0.263. The summed E-state index contributed by atoms with van der Waals surface area (Å²) in [6.45, 7) is 4.05. The molecule has 0 aliphatic carbocycles. The minimum absolute atomic E-state index is 0.826. The van der Waals surface area contributed by atoms with Crippen LogP contribution in [-0.4, -0.2) is 43.5 Å². The van der Waals surface area contributed by atoms with Crippen LogP contribution in [0.15, 0.2) is 72.1 Å². The predicted octanol–water partition coefficient (Wildman–Crippen LogP) is 5.20. The standard InChI is InChI=1S/C26H29N5S/c1-2-9-21(10-3-1)19-31-25(20-30-14-6-7-15-30)28-29-26(31)32-16-8-12-23-18-27-17-22-11-4-5-13-24(22)23/h1-5,9-11,13,17-18H,6-8,12,14-16,19-20H2. The Hall–Kier alpha value is -2.70. The number of aryl methyl sites for hydroxylation is 1. The Morgan fingerprint density at radius 3 is 2.53 bits per heavy atom. The van der Waals surface area contributed by atoms with E-state index in [1.807, 2.05) is 24.2 Å². The predicted molar refractivity (Wildman–Crippen MR) is 131 cm³/mol. The second-order valence-electron chi connectivity index (χ2n) is 8.43. The monoisotopic (exact) mass is 443 g/mol. The molecule has 1 aliphatic heterocycles. The number of rotatable bonds is 9. The molecule has 1 aliphatic rings. The third-order valence-electron chi connectivity index (χ3n) is 6.11. The summed E-state index contributed by atoms with van der Waals surface area (Å²) in [4.78, 5) is 6.92. The molecule has 5 nitrogen and oxygen atoms in total. The molecule has 5 rings (SSSR count). The molecule has 4 aromatic rings. The molecule has 6 heteroatoms. The van der Waals surface area contributed by atoms with E-state index in [0.717, 1.165) is 42.7 Å². The average Bonchev–Trinajstić information content (AvgIpc) is 3.48. The van der Waals surface area contributed by atoms with Gasteiger partial charge in [-0.25, -0.2) is 0 Å². The molecule has 32 heavy (non-hydrogen) atoms. The molecule has 3 heterocycles. The van der Waals surface area contributed by atoms with Gasteiger partial charge in [-0.1, -0.05) is 66.4 Å². The first kappa shape index (κ1) is 21.2. The molecule has 0 atom stereocenters. The first-order valence-corrected chi connectivity index (χ1v) is 12.5. The molecule has 0 unspecified atom stereocenters. The van der Waals surface area contributed by atoms with E-state index in [-0.39, 0.29) is 0 Å². The number of likely N-dealkylation sites (tertiary alicyclic amines) is 1. The van der Waals surface area contributed by atoms with E-state index in [1.165, 1.54) is 47.8 Å². The fourth-order valence-electron chi connectivity index (χ4n) is 4.41. The average molecular weight is 444 g/mol. The lowest BCUT2D eigenvalue weighted by Crippen LogP contribution is -2.21. The van der Waals surface area contributed by atoms with E-state index in [1.54, 1.807) is 0 Å². The molecule has 164 valence electrons. The van der Waals surface area contributed by atoms with Crippen molar-refractivity contribution >= 4 is 22.5 Å². The van der Waals surface area contributed by atoms with Gasteiger partial charge in [-0.2, -0.15) is 0 Å². The zero-order chi connectivity index (χ0) is 21.6. The SMILES string of the molecule is c1ccc(Cn2c(CN3CCCC3)nnc2SCCCc2cncc3ccccc23)cc1. The molecule has 2 aromatic heterocycles. The minimum atomic E-state index is 0.826. The number of nitrogens with zero attached hydrogens (tertiary/aromatic N) is 5. The van der Waals surface area contributed by atoms with Gasteiger partial charge in [0, 0.05) is 23.5 Å². The van der Waals surface area contributed by atoms with Crippen molar-refractivity contribution in [3.05, 3.63) is 83.9 Å². The minimum Gasteiger partial charge on any atom is -0.300 e. The normalized spacial score (nSPS) is 14.4. The third-order valence-corrected chi connectivity index (χ3v) is 7.17. The first-order chi connectivity index (χ1) is 15.9. The Bertz CT molecular complexity index is 1150. The Morgan fingerprint density at radius 2 is 1.66 bits per heavy atom. The van der Waals surface area contributed by atoms with Crippen molar-refractivity contribution in [3.8, 4) is 0 Å². The Labute approximate surface area is 193 Å². The second kappa shape index (κ2) is 10.3. The summed E-state index contributed by atoms with van der Waals surface area (Å²) in [6.07, 6.45) is 8.64. The summed E-state index contributed by atoms with van der Waals surface area (Å²) >= 11 is 1.82. The molecule has 1 fully saturated rings. The van der Waals surface area contributed by atoms with Crippen LogP contribution in [0.25, 0.3) is 10.8 Å². The van der Waals surface area contributed by atoms with E-state index in [2.05, 4.69) is 79.2 Å². The van der Waals surface area contributed by atoms with Gasteiger partial charge in [0.1, 0.15) is 5.82 Å². The molecule has 0 bridgehead atoms. The van der Waals surface area contributed by atoms with Crippen LogP contribution in [0.1, 0.15) is 36.2 Å². The van der Waals surface area contributed by atoms with Gasteiger partial charge in [0.05, 0.1) is 13.1 Å². The van der Waals surface area contributed by atoms with Gasteiger partial charge < -0.3 is 4.57 Å². The van der Waals surface area contributed by atoms with Crippen LogP contribution >= 0.6 is 11.8 Å². The molecular weight excluding hydrogens is 414 g/mol. The zero-order valence-corrected chi connectivity index (χ0v) is 19.2. The number of thioether (sulfide) groups is 1. The van der Waals surface area contributed by atoms with Crippen molar-refractivity contribution in [2.75, 3.05) is 18.8 Å². The molecule has 0 spiro atoms. The summed E-state index contributed by atoms with van der Waals surface area (Å²) < 4.78 is 2.32. The number of pyridine rings is 1. The molecule has 0 amide bonds. The Morgan fingerprint density at radius 1 is 0.844 bits per heavy atom. The molecule has 0 N–H and O–H groups in total. The van der Waals surface area contributed by atoms with Crippen molar-refractivity contribution in [3.63, 3.8) is 0 Å². The van der Waals surface area contributed by atoms with Gasteiger partial charge >= 0.3 is 0 Å². The van der Waals surface area contributed by atoms with E-state index in [4.69, 9.17) is 0 Å². The first-order valence-electron chi connectivity index (χ1n) is 11.5. The van der Waals surface area contributed by atoms with Gasteiger partial charge in [-0.15, -0.1) is 10.2 Å². The van der Waals surface area contributed by atoms with Crippen molar-refractivity contribution in [1.29, 1.82) is 0 Å². The van der Waals surface area contributed by atoms with Crippen molar-refractivity contribution in [2.24, 2.45) is 0 Å². The maximum atomic E-state index is 4.59. The van der Waals surface area contributed by atoms with Gasteiger partial charge in [0.15, 0.2) is 5.16 Å². The molecule has 2 aromatic carbocycles. The van der Waals surface area contributed by atoms with Crippen LogP contribution in [-0.2, 0) is 19.5 Å². The highest BCUT2D eigenvalue weighted by atomic mass is 32.2. The van der Waals surface area contributed by atoms with Crippen molar-refractivity contribution in [2.45, 2.75) is 43.9 Å². The maximum absolute atomic E-state index is 4.59. The van der Waals surface area contributed by atoms with Crippen LogP contribution in [0, 0.1) is 0 Å². The van der Waals surface area contributed by atoms with Crippen LogP contribution < -0.4 is 0 Å². The largest absolute Gasteiger partial charge is 0.300 e. The van der Waals surface area contributed by atoms with Crippen LogP contribution in [0.4, 0.5) is 0 Å². The molecular formula is C26H29N5S. The third kappa shape index (κ3) is 5.03. The van der Waals surface area contributed by atoms with Gasteiger partial charge in [0.2, 0.25) is 0 Å². The number of aromatic nitrogens is 4. The summed E-state index contributed by atoms with van der Waals surface area (Å²) in [5, 5.41) is 12.7. The summed E-state index contributed by atoms with van der Waals surface area (Å²) in [7, 11) is 0. The van der Waals surface area contributed by atoms with Gasteiger partial charge in [-0.3, -0.25) is 9.88 Å². The fourth-order valence-corrected chi connectivity index (χ4v) is 5.31. The highest BCUT2D eigenvalue weighted by Gasteiger charge is 2.18. The van der Waals surface area contributed by atoms with Gasteiger partial charge in [0.25, 0.3) is 0 Å². The highest BCUT2D eigenvalue weighted by molar-refractivity contribution is 7.99. The lowest BCUT2D eigenvalue weighted by Gasteiger charge is -2.16. The van der Waals surface area contributed by atoms with E-state index in [9.17, 15) is 0 Å².